The normalized spacial score (nSPS) is 10.9. The van der Waals surface area contributed by atoms with Crippen molar-refractivity contribution in [1.82, 2.24) is 0 Å². The lowest BCUT2D eigenvalue weighted by atomic mass is 10.1. The summed E-state index contributed by atoms with van der Waals surface area (Å²) >= 11 is 1.76. The molecule has 3 N–H and O–H groups in total. The summed E-state index contributed by atoms with van der Waals surface area (Å²) in [4.78, 5) is 11.3. The quantitative estimate of drug-likeness (QED) is 0.740. The lowest BCUT2D eigenvalue weighted by Crippen LogP contribution is -2.21. The lowest BCUT2D eigenvalue weighted by Gasteiger charge is -2.03. The van der Waals surface area contributed by atoms with Crippen LogP contribution >= 0.6 is 11.3 Å². The molecule has 0 bridgehead atoms. The highest BCUT2D eigenvalue weighted by Crippen LogP contribution is 2.34. The van der Waals surface area contributed by atoms with Crippen molar-refractivity contribution in [2.24, 2.45) is 5.73 Å². The van der Waals surface area contributed by atoms with E-state index in [1.54, 1.807) is 11.3 Å². The van der Waals surface area contributed by atoms with Crippen LogP contribution < -0.4 is 11.1 Å². The number of carbonyl (C=O) groups is 1. The summed E-state index contributed by atoms with van der Waals surface area (Å²) in [5.74, 6) is -0.172. The molecule has 0 spiro atoms. The molecule has 0 aliphatic carbocycles. The van der Waals surface area contributed by atoms with Crippen LogP contribution in [0.25, 0.3) is 20.2 Å². The van der Waals surface area contributed by atoms with Crippen molar-refractivity contribution in [3.8, 4) is 0 Å². The standard InChI is InChI=1S/C14H12N2OS/c15-8-14(17)16-9-5-6-13-11(7-9)10-3-1-2-4-12(10)18-13/h1-7H,8,15H2,(H,16,17). The predicted molar refractivity (Wildman–Crippen MR) is 77.0 cm³/mol. The molecular weight excluding hydrogens is 244 g/mol. The van der Waals surface area contributed by atoms with Crippen LogP contribution in [0.15, 0.2) is 42.5 Å². The van der Waals surface area contributed by atoms with Gasteiger partial charge in [-0.2, -0.15) is 0 Å². The molecule has 0 saturated heterocycles. The number of fused-ring (bicyclic) bond motifs is 3. The van der Waals surface area contributed by atoms with Crippen molar-refractivity contribution in [3.63, 3.8) is 0 Å². The monoisotopic (exact) mass is 256 g/mol. The minimum Gasteiger partial charge on any atom is -0.325 e. The van der Waals surface area contributed by atoms with Crippen LogP contribution in [0.2, 0.25) is 0 Å². The number of amides is 1. The van der Waals surface area contributed by atoms with Gasteiger partial charge >= 0.3 is 0 Å². The molecular formula is C14H12N2OS. The molecule has 90 valence electrons. The largest absolute Gasteiger partial charge is 0.325 e. The van der Waals surface area contributed by atoms with Crippen molar-refractivity contribution in [1.29, 1.82) is 0 Å². The Hall–Kier alpha value is -1.91. The summed E-state index contributed by atoms with van der Waals surface area (Å²) < 4.78 is 2.48. The summed E-state index contributed by atoms with van der Waals surface area (Å²) in [5, 5.41) is 5.17. The van der Waals surface area contributed by atoms with Gasteiger partial charge in [-0.3, -0.25) is 4.79 Å². The lowest BCUT2D eigenvalue weighted by molar-refractivity contribution is -0.114. The maximum atomic E-state index is 11.3. The molecule has 0 saturated carbocycles. The van der Waals surface area contributed by atoms with Crippen LogP contribution in [-0.4, -0.2) is 12.5 Å². The Balaban J connectivity index is 2.15. The fourth-order valence-corrected chi connectivity index (χ4v) is 3.10. The molecule has 0 radical (unpaired) electrons. The van der Waals surface area contributed by atoms with Crippen LogP contribution in [0.1, 0.15) is 0 Å². The number of carbonyl (C=O) groups excluding carboxylic acids is 1. The molecule has 1 aromatic heterocycles. The predicted octanol–water partition coefficient (Wildman–Crippen LogP) is 2.95. The van der Waals surface area contributed by atoms with E-state index >= 15 is 0 Å². The van der Waals surface area contributed by atoms with Gasteiger partial charge in [0.1, 0.15) is 0 Å². The number of benzene rings is 2. The number of nitrogens with one attached hydrogen (secondary N) is 1. The third-order valence-electron chi connectivity index (χ3n) is 2.85. The van der Waals surface area contributed by atoms with E-state index in [0.717, 1.165) is 5.69 Å². The van der Waals surface area contributed by atoms with Crippen molar-refractivity contribution in [2.45, 2.75) is 0 Å². The SMILES string of the molecule is NCC(=O)Nc1ccc2sc3ccccc3c2c1. The third-order valence-corrected chi connectivity index (χ3v) is 4.00. The molecule has 1 heterocycles. The first-order chi connectivity index (χ1) is 8.78. The Kier molecular flexibility index (Phi) is 2.74. The second-order valence-electron chi connectivity index (χ2n) is 4.06. The summed E-state index contributed by atoms with van der Waals surface area (Å²) in [5.41, 5.74) is 6.09. The Labute approximate surface area is 108 Å². The molecule has 0 aliphatic rings. The van der Waals surface area contributed by atoms with Gasteiger partial charge in [0, 0.05) is 25.9 Å². The Bertz CT molecular complexity index is 733. The van der Waals surface area contributed by atoms with Crippen LogP contribution in [-0.2, 0) is 4.79 Å². The molecule has 3 rings (SSSR count). The highest BCUT2D eigenvalue weighted by atomic mass is 32.1. The first-order valence-electron chi connectivity index (χ1n) is 5.69. The van der Waals surface area contributed by atoms with E-state index in [9.17, 15) is 4.79 Å². The van der Waals surface area contributed by atoms with E-state index in [1.165, 1.54) is 20.2 Å². The fraction of sp³-hybridized carbons (Fsp3) is 0.0714. The average Bonchev–Trinajstić information content (AvgIpc) is 2.77. The van der Waals surface area contributed by atoms with Crippen molar-refractivity contribution < 1.29 is 4.79 Å². The van der Waals surface area contributed by atoms with E-state index in [4.69, 9.17) is 5.73 Å². The zero-order chi connectivity index (χ0) is 12.5. The summed E-state index contributed by atoms with van der Waals surface area (Å²) in [6, 6.07) is 14.2. The summed E-state index contributed by atoms with van der Waals surface area (Å²) in [6.07, 6.45) is 0. The maximum Gasteiger partial charge on any atom is 0.238 e. The first kappa shape index (κ1) is 11.2. The first-order valence-corrected chi connectivity index (χ1v) is 6.51. The molecule has 0 atom stereocenters. The molecule has 2 aromatic carbocycles. The van der Waals surface area contributed by atoms with Gasteiger partial charge in [-0.1, -0.05) is 18.2 Å². The van der Waals surface area contributed by atoms with Gasteiger partial charge in [-0.15, -0.1) is 11.3 Å². The van der Waals surface area contributed by atoms with Gasteiger partial charge in [0.25, 0.3) is 0 Å². The van der Waals surface area contributed by atoms with Crippen molar-refractivity contribution >= 4 is 43.1 Å². The zero-order valence-electron chi connectivity index (χ0n) is 9.64. The Morgan fingerprint density at radius 3 is 2.72 bits per heavy atom. The number of rotatable bonds is 2. The second kappa shape index (κ2) is 4.40. The van der Waals surface area contributed by atoms with E-state index in [0.29, 0.717) is 0 Å². The van der Waals surface area contributed by atoms with Gasteiger partial charge in [0.15, 0.2) is 0 Å². The number of hydrogen-bond acceptors (Lipinski definition) is 3. The topological polar surface area (TPSA) is 55.1 Å². The van der Waals surface area contributed by atoms with Crippen LogP contribution in [0.4, 0.5) is 5.69 Å². The number of hydrogen-bond donors (Lipinski definition) is 2. The van der Waals surface area contributed by atoms with E-state index in [1.807, 2.05) is 30.3 Å². The maximum absolute atomic E-state index is 11.3. The zero-order valence-corrected chi connectivity index (χ0v) is 10.5. The Morgan fingerprint density at radius 2 is 1.89 bits per heavy atom. The molecule has 3 nitrogen and oxygen atoms in total. The van der Waals surface area contributed by atoms with E-state index in [2.05, 4.69) is 17.4 Å². The minimum atomic E-state index is -0.172. The highest BCUT2D eigenvalue weighted by Gasteiger charge is 2.06. The number of anilines is 1. The molecule has 18 heavy (non-hydrogen) atoms. The number of nitrogens with two attached hydrogens (primary N) is 1. The number of thiophene rings is 1. The van der Waals surface area contributed by atoms with Crippen LogP contribution in [0, 0.1) is 0 Å². The van der Waals surface area contributed by atoms with Crippen molar-refractivity contribution in [3.05, 3.63) is 42.5 Å². The molecule has 1 amide bonds. The Morgan fingerprint density at radius 1 is 1.11 bits per heavy atom. The molecule has 0 aliphatic heterocycles. The van der Waals surface area contributed by atoms with Gasteiger partial charge in [0.05, 0.1) is 6.54 Å². The molecule has 0 unspecified atom stereocenters. The fourth-order valence-electron chi connectivity index (χ4n) is 2.02. The van der Waals surface area contributed by atoms with Gasteiger partial charge in [-0.25, -0.2) is 0 Å². The third kappa shape index (κ3) is 1.85. The summed E-state index contributed by atoms with van der Waals surface area (Å²) in [6.45, 7) is 0.00240. The smallest absolute Gasteiger partial charge is 0.238 e. The molecule has 3 aromatic rings. The second-order valence-corrected chi connectivity index (χ2v) is 5.15. The van der Waals surface area contributed by atoms with Gasteiger partial charge in [-0.05, 0) is 24.3 Å². The van der Waals surface area contributed by atoms with Crippen LogP contribution in [0.5, 0.6) is 0 Å². The van der Waals surface area contributed by atoms with Gasteiger partial charge < -0.3 is 11.1 Å². The van der Waals surface area contributed by atoms with E-state index in [-0.39, 0.29) is 12.5 Å². The van der Waals surface area contributed by atoms with E-state index < -0.39 is 0 Å². The van der Waals surface area contributed by atoms with Gasteiger partial charge in [0.2, 0.25) is 5.91 Å². The average molecular weight is 256 g/mol. The van der Waals surface area contributed by atoms with Crippen LogP contribution in [0.3, 0.4) is 0 Å². The van der Waals surface area contributed by atoms with Crippen molar-refractivity contribution in [2.75, 3.05) is 11.9 Å². The highest BCUT2D eigenvalue weighted by molar-refractivity contribution is 7.25. The molecule has 4 heteroatoms. The molecule has 0 fully saturated rings. The minimum absolute atomic E-state index is 0.00240. The summed E-state index contributed by atoms with van der Waals surface area (Å²) in [7, 11) is 0.